The zero-order valence-corrected chi connectivity index (χ0v) is 13.7. The Labute approximate surface area is 140 Å². The molecule has 2 N–H and O–H groups in total. The van der Waals surface area contributed by atoms with E-state index in [1.54, 1.807) is 11.0 Å². The van der Waals surface area contributed by atoms with Crippen LogP contribution < -0.4 is 10.9 Å². The second-order valence-corrected chi connectivity index (χ2v) is 6.97. The predicted molar refractivity (Wildman–Crippen MR) is 92.0 cm³/mol. The fourth-order valence-electron chi connectivity index (χ4n) is 3.97. The Balaban J connectivity index is 1.54. The summed E-state index contributed by atoms with van der Waals surface area (Å²) in [6, 6.07) is 7.29. The van der Waals surface area contributed by atoms with Crippen LogP contribution in [0.5, 0.6) is 0 Å². The lowest BCUT2D eigenvalue weighted by atomic mass is 9.71. The fraction of sp³-hybridized carbons (Fsp3) is 0.500. The first-order valence-electron chi connectivity index (χ1n) is 8.66. The van der Waals surface area contributed by atoms with Crippen LogP contribution in [0, 0.1) is 5.41 Å². The highest BCUT2D eigenvalue weighted by Crippen LogP contribution is 2.39. The average molecular weight is 326 g/mol. The van der Waals surface area contributed by atoms with Gasteiger partial charge in [0, 0.05) is 13.1 Å². The van der Waals surface area contributed by atoms with Crippen LogP contribution in [0.3, 0.4) is 0 Å². The molecule has 2 aliphatic rings. The molecular formula is C18H22N4O2. The van der Waals surface area contributed by atoms with E-state index in [-0.39, 0.29) is 11.6 Å². The molecule has 2 aromatic rings. The minimum atomic E-state index is -0.402. The lowest BCUT2D eigenvalue weighted by Gasteiger charge is -2.44. The van der Waals surface area contributed by atoms with Crippen molar-refractivity contribution in [2.45, 2.75) is 25.7 Å². The second-order valence-electron chi connectivity index (χ2n) is 6.97. The van der Waals surface area contributed by atoms with Gasteiger partial charge in [-0.05, 0) is 56.3 Å². The molecule has 3 heterocycles. The summed E-state index contributed by atoms with van der Waals surface area (Å²) in [5.41, 5.74) is 1.29. The summed E-state index contributed by atoms with van der Waals surface area (Å²) in [7, 11) is 0. The zero-order valence-electron chi connectivity index (χ0n) is 13.7. The van der Waals surface area contributed by atoms with E-state index in [1.807, 2.05) is 18.2 Å². The van der Waals surface area contributed by atoms with Gasteiger partial charge in [0.15, 0.2) is 5.69 Å². The number of aromatic nitrogens is 2. The maximum Gasteiger partial charge on any atom is 0.280 e. The van der Waals surface area contributed by atoms with Crippen LogP contribution in [-0.2, 0) is 0 Å². The van der Waals surface area contributed by atoms with Crippen molar-refractivity contribution in [3.63, 3.8) is 0 Å². The minimum absolute atomic E-state index is 0.00922. The number of nitrogens with zero attached hydrogens (tertiary/aromatic N) is 2. The Kier molecular flexibility index (Phi) is 3.84. The number of hydrogen-bond acceptors (Lipinski definition) is 4. The number of carbonyl (C=O) groups excluding carboxylic acids is 1. The van der Waals surface area contributed by atoms with Crippen LogP contribution in [0.25, 0.3) is 11.0 Å². The fourth-order valence-corrected chi connectivity index (χ4v) is 3.97. The summed E-state index contributed by atoms with van der Waals surface area (Å²) in [5.74, 6) is -0.245. The van der Waals surface area contributed by atoms with Gasteiger partial charge in [-0.25, -0.2) is 4.98 Å². The Bertz CT molecular complexity index is 813. The molecule has 2 fully saturated rings. The molecular weight excluding hydrogens is 304 g/mol. The van der Waals surface area contributed by atoms with Crippen LogP contribution in [0.15, 0.2) is 29.1 Å². The third-order valence-corrected chi connectivity index (χ3v) is 5.58. The Morgan fingerprint density at radius 1 is 1.08 bits per heavy atom. The summed E-state index contributed by atoms with van der Waals surface area (Å²) >= 11 is 0. The summed E-state index contributed by atoms with van der Waals surface area (Å²) in [6.07, 6.45) is 4.41. The predicted octanol–water partition coefficient (Wildman–Crippen LogP) is 1.53. The van der Waals surface area contributed by atoms with Crippen molar-refractivity contribution < 1.29 is 4.79 Å². The van der Waals surface area contributed by atoms with Crippen molar-refractivity contribution in [1.82, 2.24) is 20.2 Å². The van der Waals surface area contributed by atoms with E-state index in [9.17, 15) is 9.59 Å². The topological polar surface area (TPSA) is 78.1 Å². The molecule has 1 aromatic heterocycles. The second kappa shape index (κ2) is 6.02. The molecule has 0 radical (unpaired) electrons. The van der Waals surface area contributed by atoms with Gasteiger partial charge in [0.25, 0.3) is 11.5 Å². The van der Waals surface area contributed by atoms with Crippen molar-refractivity contribution in [2.24, 2.45) is 5.41 Å². The SMILES string of the molecule is O=C(c1nc2ccccc2[nH]c1=O)N1CCC2(CCNCC2)CC1. The molecule has 0 bridgehead atoms. The number of benzene rings is 1. The smallest absolute Gasteiger partial charge is 0.280 e. The Morgan fingerprint density at radius 3 is 2.54 bits per heavy atom. The number of rotatable bonds is 1. The first-order valence-corrected chi connectivity index (χ1v) is 8.66. The van der Waals surface area contributed by atoms with E-state index >= 15 is 0 Å². The molecule has 6 heteroatoms. The molecule has 126 valence electrons. The average Bonchev–Trinajstić information content (AvgIpc) is 2.62. The molecule has 1 spiro atoms. The maximum absolute atomic E-state index is 12.8. The highest BCUT2D eigenvalue weighted by Gasteiger charge is 2.37. The van der Waals surface area contributed by atoms with Gasteiger partial charge < -0.3 is 15.2 Å². The monoisotopic (exact) mass is 326 g/mol. The third kappa shape index (κ3) is 2.71. The van der Waals surface area contributed by atoms with Crippen molar-refractivity contribution in [1.29, 1.82) is 0 Å². The first kappa shape index (κ1) is 15.3. The highest BCUT2D eigenvalue weighted by atomic mass is 16.2. The Morgan fingerprint density at radius 2 is 1.79 bits per heavy atom. The molecule has 24 heavy (non-hydrogen) atoms. The molecule has 0 saturated carbocycles. The quantitative estimate of drug-likeness (QED) is 0.833. The lowest BCUT2D eigenvalue weighted by molar-refractivity contribution is 0.0489. The van der Waals surface area contributed by atoms with E-state index in [1.165, 1.54) is 12.8 Å². The normalized spacial score (nSPS) is 20.4. The first-order chi connectivity index (χ1) is 11.7. The van der Waals surface area contributed by atoms with Crippen LogP contribution >= 0.6 is 0 Å². The van der Waals surface area contributed by atoms with Crippen LogP contribution in [-0.4, -0.2) is 47.0 Å². The molecule has 1 aromatic carbocycles. The number of nitrogens with one attached hydrogen (secondary N) is 2. The van der Waals surface area contributed by atoms with Crippen molar-refractivity contribution in [2.75, 3.05) is 26.2 Å². The summed E-state index contributed by atoms with van der Waals surface area (Å²) in [6.45, 7) is 3.57. The minimum Gasteiger partial charge on any atom is -0.337 e. The lowest BCUT2D eigenvalue weighted by Crippen LogP contribution is -2.48. The molecule has 0 unspecified atom stereocenters. The standard InChI is InChI=1S/C18H22N4O2/c23-16-15(20-13-3-1-2-4-14(13)21-16)17(24)22-11-7-18(8-12-22)5-9-19-10-6-18/h1-4,19H,5-12H2,(H,21,23). The molecule has 1 amide bonds. The Hall–Kier alpha value is -2.21. The van der Waals surface area contributed by atoms with Gasteiger partial charge in [0.1, 0.15) is 0 Å². The molecule has 4 rings (SSSR count). The van der Waals surface area contributed by atoms with Gasteiger partial charge in [-0.2, -0.15) is 0 Å². The largest absolute Gasteiger partial charge is 0.337 e. The molecule has 0 aliphatic carbocycles. The summed E-state index contributed by atoms with van der Waals surface area (Å²) in [5, 5.41) is 3.40. The van der Waals surface area contributed by atoms with Crippen molar-refractivity contribution in [3.05, 3.63) is 40.3 Å². The van der Waals surface area contributed by atoms with Crippen molar-refractivity contribution in [3.8, 4) is 0 Å². The molecule has 0 atom stereocenters. The van der Waals surface area contributed by atoms with Gasteiger partial charge >= 0.3 is 0 Å². The number of aromatic amines is 1. The summed E-state index contributed by atoms with van der Waals surface area (Å²) < 4.78 is 0. The van der Waals surface area contributed by atoms with E-state index in [0.717, 1.165) is 25.9 Å². The van der Waals surface area contributed by atoms with E-state index in [4.69, 9.17) is 0 Å². The number of piperidine rings is 2. The number of para-hydroxylation sites is 2. The van der Waals surface area contributed by atoms with Gasteiger partial charge in [-0.15, -0.1) is 0 Å². The number of amides is 1. The van der Waals surface area contributed by atoms with Gasteiger partial charge in [0.2, 0.25) is 0 Å². The number of fused-ring (bicyclic) bond motifs is 1. The molecule has 6 nitrogen and oxygen atoms in total. The highest BCUT2D eigenvalue weighted by molar-refractivity contribution is 5.93. The third-order valence-electron chi connectivity index (χ3n) is 5.58. The number of likely N-dealkylation sites (tertiary alicyclic amines) is 1. The van der Waals surface area contributed by atoms with Gasteiger partial charge in [-0.3, -0.25) is 9.59 Å². The molecule has 2 aliphatic heterocycles. The summed E-state index contributed by atoms with van der Waals surface area (Å²) in [4.78, 5) is 33.9. The van der Waals surface area contributed by atoms with Crippen LogP contribution in [0.2, 0.25) is 0 Å². The van der Waals surface area contributed by atoms with Gasteiger partial charge in [-0.1, -0.05) is 12.1 Å². The van der Waals surface area contributed by atoms with Gasteiger partial charge in [0.05, 0.1) is 11.0 Å². The van der Waals surface area contributed by atoms with Crippen LogP contribution in [0.4, 0.5) is 0 Å². The number of hydrogen-bond donors (Lipinski definition) is 2. The van der Waals surface area contributed by atoms with Crippen molar-refractivity contribution >= 4 is 16.9 Å². The zero-order chi connectivity index (χ0) is 16.6. The van der Waals surface area contributed by atoms with E-state index in [0.29, 0.717) is 29.5 Å². The van der Waals surface area contributed by atoms with E-state index in [2.05, 4.69) is 15.3 Å². The number of H-pyrrole nitrogens is 1. The van der Waals surface area contributed by atoms with E-state index < -0.39 is 5.56 Å². The maximum atomic E-state index is 12.8. The number of carbonyl (C=O) groups is 1. The van der Waals surface area contributed by atoms with Crippen LogP contribution in [0.1, 0.15) is 36.2 Å². The molecule has 2 saturated heterocycles.